The van der Waals surface area contributed by atoms with Gasteiger partial charge in [-0.05, 0) is 26.7 Å². The normalized spacial score (nSPS) is 13.9. The second-order valence-electron chi connectivity index (χ2n) is 5.07. The smallest absolute Gasteiger partial charge is 0.227 e. The summed E-state index contributed by atoms with van der Waals surface area (Å²) in [5.74, 6) is 0.345. The van der Waals surface area contributed by atoms with E-state index in [2.05, 4.69) is 19.2 Å². The van der Waals surface area contributed by atoms with Crippen LogP contribution in [0.4, 0.5) is 0 Å². The molecular weight excluding hydrogens is 204 g/mol. The predicted octanol–water partition coefficient (Wildman–Crippen LogP) is 1.15. The summed E-state index contributed by atoms with van der Waals surface area (Å²) in [5, 5.41) is 3.00. The van der Waals surface area contributed by atoms with Crippen LogP contribution in [-0.4, -0.2) is 31.7 Å². The highest BCUT2D eigenvalue weighted by Gasteiger charge is 2.28. The van der Waals surface area contributed by atoms with Crippen molar-refractivity contribution in [3.8, 4) is 0 Å². The largest absolute Gasteiger partial charge is 0.380 e. The van der Waals surface area contributed by atoms with Crippen molar-refractivity contribution in [3.63, 3.8) is 0 Å². The third-order valence-corrected chi connectivity index (χ3v) is 2.75. The summed E-state index contributed by atoms with van der Waals surface area (Å²) in [5.41, 5.74) is 5.05. The molecule has 0 fully saturated rings. The summed E-state index contributed by atoms with van der Waals surface area (Å²) in [6.45, 7) is 11.3. The van der Waals surface area contributed by atoms with E-state index >= 15 is 0 Å². The summed E-state index contributed by atoms with van der Waals surface area (Å²) >= 11 is 0. The summed E-state index contributed by atoms with van der Waals surface area (Å²) in [4.78, 5) is 11.9. The molecule has 0 aliphatic heterocycles. The number of carbonyl (C=O) groups is 1. The SMILES string of the molecule is CCOCC(NC(=O)C(C)(C)CN)C(C)C. The first-order valence-electron chi connectivity index (χ1n) is 5.94. The monoisotopic (exact) mass is 230 g/mol. The van der Waals surface area contributed by atoms with Gasteiger partial charge in [-0.3, -0.25) is 4.79 Å². The molecule has 0 aliphatic rings. The minimum Gasteiger partial charge on any atom is -0.380 e. The number of nitrogens with two attached hydrogens (primary N) is 1. The molecule has 4 heteroatoms. The van der Waals surface area contributed by atoms with Crippen LogP contribution in [0.2, 0.25) is 0 Å². The van der Waals surface area contributed by atoms with Crippen LogP contribution < -0.4 is 11.1 Å². The Morgan fingerprint density at radius 1 is 1.44 bits per heavy atom. The van der Waals surface area contributed by atoms with Gasteiger partial charge in [-0.15, -0.1) is 0 Å². The second kappa shape index (κ2) is 6.86. The molecule has 0 radical (unpaired) electrons. The van der Waals surface area contributed by atoms with Crippen LogP contribution in [0.15, 0.2) is 0 Å². The Balaban J connectivity index is 4.34. The van der Waals surface area contributed by atoms with Gasteiger partial charge in [0.25, 0.3) is 0 Å². The summed E-state index contributed by atoms with van der Waals surface area (Å²) in [6.07, 6.45) is 0. The number of hydrogen-bond donors (Lipinski definition) is 2. The fourth-order valence-corrected chi connectivity index (χ4v) is 1.10. The molecule has 1 atom stereocenters. The molecule has 3 N–H and O–H groups in total. The quantitative estimate of drug-likeness (QED) is 0.689. The van der Waals surface area contributed by atoms with Crippen LogP contribution in [0.3, 0.4) is 0 Å². The van der Waals surface area contributed by atoms with E-state index in [0.717, 1.165) is 0 Å². The van der Waals surface area contributed by atoms with Crippen LogP contribution in [0, 0.1) is 11.3 Å². The van der Waals surface area contributed by atoms with Gasteiger partial charge in [-0.2, -0.15) is 0 Å². The van der Waals surface area contributed by atoms with Crippen molar-refractivity contribution in [2.24, 2.45) is 17.1 Å². The average molecular weight is 230 g/mol. The Kier molecular flexibility index (Phi) is 6.60. The number of ether oxygens (including phenoxy) is 1. The lowest BCUT2D eigenvalue weighted by Crippen LogP contribution is -2.49. The Morgan fingerprint density at radius 3 is 2.38 bits per heavy atom. The van der Waals surface area contributed by atoms with Crippen molar-refractivity contribution < 1.29 is 9.53 Å². The average Bonchev–Trinajstić information content (AvgIpc) is 2.23. The van der Waals surface area contributed by atoms with E-state index in [4.69, 9.17) is 10.5 Å². The van der Waals surface area contributed by atoms with Crippen LogP contribution in [0.1, 0.15) is 34.6 Å². The molecule has 1 unspecified atom stereocenters. The van der Waals surface area contributed by atoms with Crippen molar-refractivity contribution in [1.29, 1.82) is 0 Å². The molecule has 4 nitrogen and oxygen atoms in total. The predicted molar refractivity (Wildman–Crippen MR) is 66.1 cm³/mol. The minimum atomic E-state index is -0.515. The zero-order valence-corrected chi connectivity index (χ0v) is 11.2. The zero-order chi connectivity index (χ0) is 12.8. The van der Waals surface area contributed by atoms with Gasteiger partial charge >= 0.3 is 0 Å². The van der Waals surface area contributed by atoms with E-state index in [-0.39, 0.29) is 11.9 Å². The number of rotatable bonds is 7. The third kappa shape index (κ3) is 4.94. The lowest BCUT2D eigenvalue weighted by atomic mass is 9.91. The highest BCUT2D eigenvalue weighted by molar-refractivity contribution is 5.82. The topological polar surface area (TPSA) is 64.3 Å². The highest BCUT2D eigenvalue weighted by atomic mass is 16.5. The van der Waals surface area contributed by atoms with Gasteiger partial charge in [0, 0.05) is 13.2 Å². The Morgan fingerprint density at radius 2 is 2.00 bits per heavy atom. The Bertz CT molecular complexity index is 215. The summed E-state index contributed by atoms with van der Waals surface area (Å²) in [7, 11) is 0. The molecule has 0 rings (SSSR count). The molecule has 96 valence electrons. The van der Waals surface area contributed by atoms with E-state index < -0.39 is 5.41 Å². The first-order chi connectivity index (χ1) is 7.35. The molecular formula is C12H26N2O2. The molecule has 0 bridgehead atoms. The first-order valence-corrected chi connectivity index (χ1v) is 5.94. The lowest BCUT2D eigenvalue weighted by Gasteiger charge is -2.28. The number of carbonyl (C=O) groups excluding carboxylic acids is 1. The Hall–Kier alpha value is -0.610. The van der Waals surface area contributed by atoms with Crippen molar-refractivity contribution in [3.05, 3.63) is 0 Å². The van der Waals surface area contributed by atoms with Gasteiger partial charge in [0.15, 0.2) is 0 Å². The standard InChI is InChI=1S/C12H26N2O2/c1-6-16-7-10(9(2)3)14-11(15)12(4,5)8-13/h9-10H,6-8,13H2,1-5H3,(H,14,15). The summed E-state index contributed by atoms with van der Waals surface area (Å²) < 4.78 is 5.36. The van der Waals surface area contributed by atoms with Gasteiger partial charge in [0.2, 0.25) is 5.91 Å². The highest BCUT2D eigenvalue weighted by Crippen LogP contribution is 2.14. The molecule has 16 heavy (non-hydrogen) atoms. The van der Waals surface area contributed by atoms with Crippen LogP contribution in [0.25, 0.3) is 0 Å². The molecule has 0 aromatic rings. The van der Waals surface area contributed by atoms with E-state index in [0.29, 0.717) is 25.7 Å². The number of nitrogens with one attached hydrogen (secondary N) is 1. The van der Waals surface area contributed by atoms with E-state index in [9.17, 15) is 4.79 Å². The summed E-state index contributed by atoms with van der Waals surface area (Å²) in [6, 6.07) is 0.0540. The third-order valence-electron chi connectivity index (χ3n) is 2.75. The van der Waals surface area contributed by atoms with Crippen LogP contribution in [0.5, 0.6) is 0 Å². The maximum atomic E-state index is 11.9. The van der Waals surface area contributed by atoms with Crippen molar-refractivity contribution in [1.82, 2.24) is 5.32 Å². The maximum absolute atomic E-state index is 11.9. The van der Waals surface area contributed by atoms with Crippen molar-refractivity contribution in [2.45, 2.75) is 40.7 Å². The molecule has 0 saturated carbocycles. The van der Waals surface area contributed by atoms with Crippen molar-refractivity contribution in [2.75, 3.05) is 19.8 Å². The molecule has 0 heterocycles. The lowest BCUT2D eigenvalue weighted by molar-refractivity contribution is -0.130. The molecule has 0 saturated heterocycles. The van der Waals surface area contributed by atoms with Crippen LogP contribution in [-0.2, 0) is 9.53 Å². The van der Waals surface area contributed by atoms with Gasteiger partial charge < -0.3 is 15.8 Å². The molecule has 0 aromatic heterocycles. The van der Waals surface area contributed by atoms with Crippen molar-refractivity contribution >= 4 is 5.91 Å². The Labute approximate surface area is 98.9 Å². The van der Waals surface area contributed by atoms with E-state index in [1.54, 1.807) is 0 Å². The van der Waals surface area contributed by atoms with E-state index in [1.165, 1.54) is 0 Å². The van der Waals surface area contributed by atoms with Gasteiger partial charge in [-0.1, -0.05) is 13.8 Å². The maximum Gasteiger partial charge on any atom is 0.227 e. The molecule has 1 amide bonds. The minimum absolute atomic E-state index is 0.00611. The van der Waals surface area contributed by atoms with E-state index in [1.807, 2.05) is 20.8 Å². The van der Waals surface area contributed by atoms with Gasteiger partial charge in [0.05, 0.1) is 18.1 Å². The van der Waals surface area contributed by atoms with Crippen LogP contribution >= 0.6 is 0 Å². The first kappa shape index (κ1) is 15.4. The fourth-order valence-electron chi connectivity index (χ4n) is 1.10. The molecule has 0 aliphatic carbocycles. The molecule has 0 aromatic carbocycles. The van der Waals surface area contributed by atoms with Gasteiger partial charge in [-0.25, -0.2) is 0 Å². The molecule has 0 spiro atoms. The number of hydrogen-bond acceptors (Lipinski definition) is 3. The fraction of sp³-hybridized carbons (Fsp3) is 0.917. The number of amides is 1. The van der Waals surface area contributed by atoms with Gasteiger partial charge in [0.1, 0.15) is 0 Å². The zero-order valence-electron chi connectivity index (χ0n) is 11.2. The second-order valence-corrected chi connectivity index (χ2v) is 5.07.